The average Bonchev–Trinajstić information content (AvgIpc) is 3.13. The molecule has 1 aromatic carbocycles. The van der Waals surface area contributed by atoms with E-state index in [9.17, 15) is 4.79 Å². The van der Waals surface area contributed by atoms with E-state index in [2.05, 4.69) is 5.32 Å². The normalized spacial score (nSPS) is 14.0. The molecule has 1 heterocycles. The first-order chi connectivity index (χ1) is 10.1. The van der Waals surface area contributed by atoms with Crippen LogP contribution >= 0.6 is 23.2 Å². The predicted molar refractivity (Wildman–Crippen MR) is 80.0 cm³/mol. The van der Waals surface area contributed by atoms with Crippen molar-refractivity contribution in [2.24, 2.45) is 0 Å². The van der Waals surface area contributed by atoms with Crippen molar-refractivity contribution < 1.29 is 13.9 Å². The molecule has 0 unspecified atom stereocenters. The second kappa shape index (κ2) is 6.00. The summed E-state index contributed by atoms with van der Waals surface area (Å²) in [6.45, 7) is 0.193. The molecule has 0 spiro atoms. The van der Waals surface area contributed by atoms with E-state index < -0.39 is 0 Å². The van der Waals surface area contributed by atoms with Crippen LogP contribution < -0.4 is 10.1 Å². The molecule has 1 saturated carbocycles. The number of hydrogen-bond donors (Lipinski definition) is 1. The fourth-order valence-electron chi connectivity index (χ4n) is 1.80. The third-order valence-electron chi connectivity index (χ3n) is 3.06. The Morgan fingerprint density at radius 2 is 2.10 bits per heavy atom. The van der Waals surface area contributed by atoms with Gasteiger partial charge >= 0.3 is 0 Å². The Balaban J connectivity index is 1.60. The lowest BCUT2D eigenvalue weighted by molar-refractivity contribution is 0.0919. The van der Waals surface area contributed by atoms with Crippen LogP contribution in [0, 0.1) is 0 Å². The lowest BCUT2D eigenvalue weighted by Gasteiger charge is -2.06. The van der Waals surface area contributed by atoms with Gasteiger partial charge in [-0.3, -0.25) is 4.79 Å². The number of carbonyl (C=O) groups excluding carboxylic acids is 1. The molecule has 0 atom stereocenters. The van der Waals surface area contributed by atoms with Crippen LogP contribution in [0.5, 0.6) is 5.75 Å². The van der Waals surface area contributed by atoms with Gasteiger partial charge in [-0.25, -0.2) is 0 Å². The number of amides is 1. The molecule has 2 aromatic rings. The van der Waals surface area contributed by atoms with Crippen molar-refractivity contribution in [3.05, 3.63) is 51.9 Å². The third kappa shape index (κ3) is 3.71. The summed E-state index contributed by atoms with van der Waals surface area (Å²) in [5.41, 5.74) is 0. The largest absolute Gasteiger partial charge is 0.484 e. The molecule has 0 aliphatic heterocycles. The second-order valence-corrected chi connectivity index (χ2v) is 5.72. The summed E-state index contributed by atoms with van der Waals surface area (Å²) in [6, 6.07) is 8.64. The van der Waals surface area contributed by atoms with Gasteiger partial charge in [-0.1, -0.05) is 23.2 Å². The maximum Gasteiger partial charge on any atom is 0.287 e. The van der Waals surface area contributed by atoms with Gasteiger partial charge in [0.15, 0.2) is 5.76 Å². The van der Waals surface area contributed by atoms with Crippen molar-refractivity contribution in [3.8, 4) is 5.75 Å². The number of ether oxygens (including phenoxy) is 1. The molecule has 4 nitrogen and oxygen atoms in total. The fraction of sp³-hybridized carbons (Fsp3) is 0.267. The summed E-state index contributed by atoms with van der Waals surface area (Å²) in [7, 11) is 0. The van der Waals surface area contributed by atoms with E-state index in [0.717, 1.165) is 12.8 Å². The molecule has 21 heavy (non-hydrogen) atoms. The molecule has 0 radical (unpaired) electrons. The summed E-state index contributed by atoms with van der Waals surface area (Å²) < 4.78 is 11.0. The maximum absolute atomic E-state index is 11.8. The van der Waals surface area contributed by atoms with Gasteiger partial charge in [0, 0.05) is 11.1 Å². The molecule has 1 aliphatic rings. The van der Waals surface area contributed by atoms with Gasteiger partial charge in [0.25, 0.3) is 5.91 Å². The molecule has 0 bridgehead atoms. The summed E-state index contributed by atoms with van der Waals surface area (Å²) in [5, 5.41) is 3.84. The van der Waals surface area contributed by atoms with Crippen LogP contribution in [0.4, 0.5) is 0 Å². The second-order valence-electron chi connectivity index (χ2n) is 4.88. The van der Waals surface area contributed by atoms with Gasteiger partial charge in [0.05, 0.1) is 5.02 Å². The molecule has 3 rings (SSSR count). The highest BCUT2D eigenvalue weighted by Crippen LogP contribution is 2.28. The smallest absolute Gasteiger partial charge is 0.287 e. The Morgan fingerprint density at radius 1 is 1.29 bits per heavy atom. The van der Waals surface area contributed by atoms with Gasteiger partial charge in [-0.2, -0.15) is 0 Å². The van der Waals surface area contributed by atoms with Gasteiger partial charge in [0.2, 0.25) is 0 Å². The Morgan fingerprint density at radius 3 is 2.81 bits per heavy atom. The molecule has 1 aliphatic carbocycles. The van der Waals surface area contributed by atoms with Crippen LogP contribution in [-0.2, 0) is 6.61 Å². The monoisotopic (exact) mass is 325 g/mol. The zero-order valence-electron chi connectivity index (χ0n) is 11.1. The molecule has 6 heteroatoms. The Labute approximate surface area is 132 Å². The minimum atomic E-state index is -0.187. The van der Waals surface area contributed by atoms with Gasteiger partial charge in [-0.05, 0) is 43.2 Å². The minimum absolute atomic E-state index is 0.187. The van der Waals surface area contributed by atoms with Crippen LogP contribution in [-0.4, -0.2) is 11.9 Å². The summed E-state index contributed by atoms with van der Waals surface area (Å²) in [6.07, 6.45) is 2.08. The maximum atomic E-state index is 11.8. The van der Waals surface area contributed by atoms with E-state index in [4.69, 9.17) is 32.4 Å². The van der Waals surface area contributed by atoms with Crippen LogP contribution in [0.15, 0.2) is 34.7 Å². The zero-order chi connectivity index (χ0) is 14.8. The highest BCUT2D eigenvalue weighted by Gasteiger charge is 2.25. The molecule has 1 fully saturated rings. The number of benzene rings is 1. The van der Waals surface area contributed by atoms with Crippen molar-refractivity contribution in [2.45, 2.75) is 25.5 Å². The lowest BCUT2D eigenvalue weighted by Crippen LogP contribution is -2.24. The van der Waals surface area contributed by atoms with Crippen LogP contribution in [0.1, 0.15) is 29.2 Å². The van der Waals surface area contributed by atoms with E-state index in [1.165, 1.54) is 0 Å². The molecule has 1 N–H and O–H groups in total. The quantitative estimate of drug-likeness (QED) is 0.901. The molecular formula is C15H13Cl2NO3. The lowest BCUT2D eigenvalue weighted by atomic mass is 10.3. The molecule has 110 valence electrons. The first-order valence-corrected chi connectivity index (χ1v) is 7.35. The molecule has 1 amide bonds. The SMILES string of the molecule is O=C(NC1CC1)c1ccc(COc2ccc(Cl)cc2Cl)o1. The van der Waals surface area contributed by atoms with Crippen molar-refractivity contribution in [2.75, 3.05) is 0 Å². The van der Waals surface area contributed by atoms with E-state index in [1.54, 1.807) is 30.3 Å². The van der Waals surface area contributed by atoms with Crippen LogP contribution in [0.2, 0.25) is 10.0 Å². The van der Waals surface area contributed by atoms with Crippen LogP contribution in [0.25, 0.3) is 0 Å². The number of carbonyl (C=O) groups is 1. The van der Waals surface area contributed by atoms with E-state index >= 15 is 0 Å². The standard InChI is InChI=1S/C15H13Cl2NO3/c16-9-1-5-13(12(17)7-9)20-8-11-4-6-14(21-11)15(19)18-10-2-3-10/h1,4-7,10H,2-3,8H2,(H,18,19). The number of furan rings is 1. The number of rotatable bonds is 5. The first-order valence-electron chi connectivity index (χ1n) is 6.59. The van der Waals surface area contributed by atoms with Crippen LogP contribution in [0.3, 0.4) is 0 Å². The average molecular weight is 326 g/mol. The minimum Gasteiger partial charge on any atom is -0.484 e. The molecule has 0 saturated heterocycles. The Hall–Kier alpha value is -1.65. The summed E-state index contributed by atoms with van der Waals surface area (Å²) in [4.78, 5) is 11.8. The van der Waals surface area contributed by atoms with Crippen molar-refractivity contribution in [1.82, 2.24) is 5.32 Å². The fourth-order valence-corrected chi connectivity index (χ4v) is 2.27. The highest BCUT2D eigenvalue weighted by atomic mass is 35.5. The highest BCUT2D eigenvalue weighted by molar-refractivity contribution is 6.35. The number of hydrogen-bond acceptors (Lipinski definition) is 3. The summed E-state index contributed by atoms with van der Waals surface area (Å²) >= 11 is 11.8. The summed E-state index contributed by atoms with van der Waals surface area (Å²) in [5.74, 6) is 1.18. The van der Waals surface area contributed by atoms with Crippen molar-refractivity contribution in [3.63, 3.8) is 0 Å². The number of nitrogens with one attached hydrogen (secondary N) is 1. The zero-order valence-corrected chi connectivity index (χ0v) is 12.6. The first kappa shape index (κ1) is 14.3. The van der Waals surface area contributed by atoms with Gasteiger partial charge in [-0.15, -0.1) is 0 Å². The molecule has 1 aromatic heterocycles. The van der Waals surface area contributed by atoms with Crippen molar-refractivity contribution >= 4 is 29.1 Å². The van der Waals surface area contributed by atoms with Crippen molar-refractivity contribution in [1.29, 1.82) is 0 Å². The molecular weight excluding hydrogens is 313 g/mol. The van der Waals surface area contributed by atoms with E-state index in [-0.39, 0.29) is 12.5 Å². The topological polar surface area (TPSA) is 51.5 Å². The predicted octanol–water partition coefficient (Wildman–Crippen LogP) is 4.06. The Bertz CT molecular complexity index is 665. The van der Waals surface area contributed by atoms with Gasteiger partial charge < -0.3 is 14.5 Å². The van der Waals surface area contributed by atoms with E-state index in [1.807, 2.05) is 0 Å². The van der Waals surface area contributed by atoms with Gasteiger partial charge in [0.1, 0.15) is 18.1 Å². The van der Waals surface area contributed by atoms with E-state index in [0.29, 0.717) is 33.4 Å². The third-order valence-corrected chi connectivity index (χ3v) is 3.59. The Kier molecular flexibility index (Phi) is 4.08. The number of halogens is 2.